The van der Waals surface area contributed by atoms with Gasteiger partial charge in [0.2, 0.25) is 0 Å². The molecule has 3 heterocycles. The fourth-order valence-electron chi connectivity index (χ4n) is 3.23. The average molecular weight is 341 g/mol. The van der Waals surface area contributed by atoms with Crippen LogP contribution in [-0.4, -0.2) is 68.6 Å². The number of hydrogen-bond donors (Lipinski definition) is 1. The molecule has 1 fully saturated rings. The molecule has 0 spiro atoms. The molecule has 2 aromatic heterocycles. The van der Waals surface area contributed by atoms with Crippen LogP contribution in [0.5, 0.6) is 0 Å². The zero-order valence-electron chi connectivity index (χ0n) is 13.3. The molecule has 6 nitrogen and oxygen atoms in total. The van der Waals surface area contributed by atoms with Crippen LogP contribution in [0.4, 0.5) is 13.2 Å². The van der Waals surface area contributed by atoms with Crippen LogP contribution < -0.4 is 0 Å². The molecule has 3 rings (SSSR count). The van der Waals surface area contributed by atoms with E-state index in [1.54, 1.807) is 31.0 Å². The summed E-state index contributed by atoms with van der Waals surface area (Å²) in [5.41, 5.74) is 0.829. The van der Waals surface area contributed by atoms with Gasteiger partial charge >= 0.3 is 6.18 Å². The number of aromatic amines is 1. The van der Waals surface area contributed by atoms with Gasteiger partial charge in [0.1, 0.15) is 17.7 Å². The Labute approximate surface area is 136 Å². The van der Waals surface area contributed by atoms with E-state index in [1.165, 1.54) is 11.2 Å². The summed E-state index contributed by atoms with van der Waals surface area (Å²) < 4.78 is 38.1. The quantitative estimate of drug-likeness (QED) is 0.908. The first-order valence-electron chi connectivity index (χ1n) is 7.66. The lowest BCUT2D eigenvalue weighted by atomic mass is 10.1. The number of nitrogens with zero attached hydrogens (tertiary/aromatic N) is 4. The van der Waals surface area contributed by atoms with E-state index in [4.69, 9.17) is 0 Å². The second-order valence-corrected chi connectivity index (χ2v) is 6.16. The molecule has 0 radical (unpaired) electrons. The normalized spacial score (nSPS) is 23.0. The lowest BCUT2D eigenvalue weighted by Crippen LogP contribution is -2.59. The summed E-state index contributed by atoms with van der Waals surface area (Å²) in [5.74, 6) is -0.285. The van der Waals surface area contributed by atoms with Crippen LogP contribution in [0, 0.1) is 0 Å². The molecule has 1 amide bonds. The number of carbonyl (C=O) groups excluding carboxylic acids is 1. The number of nitrogens with one attached hydrogen (secondary N) is 1. The van der Waals surface area contributed by atoms with Crippen molar-refractivity contribution in [3.05, 3.63) is 24.3 Å². The third kappa shape index (κ3) is 3.21. The SMILES string of the molecule is C[C@@H]1CN(C(=O)c2ncnc3[nH]ccc23)C[C@H](C)N1CC(F)(F)F. The van der Waals surface area contributed by atoms with Gasteiger partial charge in [0.25, 0.3) is 5.91 Å². The van der Waals surface area contributed by atoms with Gasteiger partial charge in [0.15, 0.2) is 0 Å². The number of hydrogen-bond acceptors (Lipinski definition) is 4. The molecule has 1 aliphatic heterocycles. The Morgan fingerprint density at radius 2 is 1.96 bits per heavy atom. The van der Waals surface area contributed by atoms with Crippen molar-refractivity contribution in [2.75, 3.05) is 19.6 Å². The number of fused-ring (bicyclic) bond motifs is 1. The van der Waals surface area contributed by atoms with Crippen molar-refractivity contribution in [1.82, 2.24) is 24.8 Å². The Balaban J connectivity index is 1.79. The minimum atomic E-state index is -4.25. The smallest absolute Gasteiger partial charge is 0.346 e. The van der Waals surface area contributed by atoms with Crippen molar-refractivity contribution in [3.63, 3.8) is 0 Å². The number of amides is 1. The van der Waals surface area contributed by atoms with E-state index in [-0.39, 0.29) is 36.8 Å². The van der Waals surface area contributed by atoms with E-state index < -0.39 is 12.7 Å². The Morgan fingerprint density at radius 1 is 1.29 bits per heavy atom. The first-order valence-corrected chi connectivity index (χ1v) is 7.66. The van der Waals surface area contributed by atoms with Crippen molar-refractivity contribution >= 4 is 16.9 Å². The largest absolute Gasteiger partial charge is 0.401 e. The standard InChI is InChI=1S/C15H18F3N5O/c1-9-5-22(6-10(2)23(9)7-15(16,17)18)14(24)12-11-3-4-19-13(11)21-8-20-12/h3-4,8-10H,5-7H2,1-2H3,(H,19,20,21)/t9-,10+. The molecule has 1 aliphatic rings. The number of piperazine rings is 1. The lowest BCUT2D eigenvalue weighted by Gasteiger charge is -2.44. The highest BCUT2D eigenvalue weighted by Gasteiger charge is 2.39. The zero-order valence-corrected chi connectivity index (χ0v) is 13.3. The molecule has 0 aromatic carbocycles. The van der Waals surface area contributed by atoms with Crippen LogP contribution >= 0.6 is 0 Å². The second-order valence-electron chi connectivity index (χ2n) is 6.16. The van der Waals surface area contributed by atoms with Gasteiger partial charge in [-0.05, 0) is 19.9 Å². The van der Waals surface area contributed by atoms with E-state index in [1.807, 2.05) is 0 Å². The minimum absolute atomic E-state index is 0.231. The molecule has 0 saturated carbocycles. The third-order valence-corrected chi connectivity index (χ3v) is 4.31. The fraction of sp³-hybridized carbons (Fsp3) is 0.533. The van der Waals surface area contributed by atoms with Gasteiger partial charge in [-0.15, -0.1) is 0 Å². The molecule has 130 valence electrons. The summed E-state index contributed by atoms with van der Waals surface area (Å²) in [4.78, 5) is 26.7. The van der Waals surface area contributed by atoms with Crippen molar-refractivity contribution in [2.45, 2.75) is 32.1 Å². The Bertz CT molecular complexity index is 732. The second kappa shape index (κ2) is 6.04. The zero-order chi connectivity index (χ0) is 17.5. The Hall–Kier alpha value is -2.16. The van der Waals surface area contributed by atoms with Gasteiger partial charge in [-0.25, -0.2) is 9.97 Å². The third-order valence-electron chi connectivity index (χ3n) is 4.31. The summed E-state index contributed by atoms with van der Waals surface area (Å²) in [6, 6.07) is 0.945. The predicted molar refractivity (Wildman–Crippen MR) is 81.5 cm³/mol. The fourth-order valence-corrected chi connectivity index (χ4v) is 3.23. The molecule has 2 aromatic rings. The number of carbonyl (C=O) groups is 1. The van der Waals surface area contributed by atoms with Crippen molar-refractivity contribution in [1.29, 1.82) is 0 Å². The molecule has 0 aliphatic carbocycles. The predicted octanol–water partition coefficient (Wildman–Crippen LogP) is 2.06. The molecule has 1 saturated heterocycles. The van der Waals surface area contributed by atoms with Gasteiger partial charge in [0, 0.05) is 31.4 Å². The van der Waals surface area contributed by atoms with Crippen LogP contribution in [0.1, 0.15) is 24.3 Å². The van der Waals surface area contributed by atoms with Crippen LogP contribution in [0.3, 0.4) is 0 Å². The van der Waals surface area contributed by atoms with E-state index >= 15 is 0 Å². The molecular formula is C15H18F3N5O. The van der Waals surface area contributed by atoms with Gasteiger partial charge in [0.05, 0.1) is 11.9 Å². The van der Waals surface area contributed by atoms with Crippen LogP contribution in [-0.2, 0) is 0 Å². The lowest BCUT2D eigenvalue weighted by molar-refractivity contribution is -0.160. The van der Waals surface area contributed by atoms with Gasteiger partial charge in [-0.3, -0.25) is 9.69 Å². The number of rotatable bonds is 2. The maximum Gasteiger partial charge on any atom is 0.401 e. The van der Waals surface area contributed by atoms with Gasteiger partial charge in [-0.2, -0.15) is 13.2 Å². The summed E-state index contributed by atoms with van der Waals surface area (Å²) in [7, 11) is 0. The van der Waals surface area contributed by atoms with Crippen LogP contribution in [0.2, 0.25) is 0 Å². The van der Waals surface area contributed by atoms with E-state index in [2.05, 4.69) is 15.0 Å². The summed E-state index contributed by atoms with van der Waals surface area (Å²) in [6.45, 7) is 2.90. The first-order chi connectivity index (χ1) is 11.3. The average Bonchev–Trinajstić information content (AvgIpc) is 2.97. The molecule has 0 unspecified atom stereocenters. The molecule has 2 atom stereocenters. The maximum absolute atomic E-state index is 12.8. The Morgan fingerprint density at radius 3 is 2.58 bits per heavy atom. The monoisotopic (exact) mass is 341 g/mol. The topological polar surface area (TPSA) is 65.1 Å². The van der Waals surface area contributed by atoms with Gasteiger partial charge < -0.3 is 9.88 Å². The van der Waals surface area contributed by atoms with E-state index in [0.29, 0.717) is 11.0 Å². The van der Waals surface area contributed by atoms with Crippen molar-refractivity contribution in [2.24, 2.45) is 0 Å². The highest BCUT2D eigenvalue weighted by Crippen LogP contribution is 2.24. The first kappa shape index (κ1) is 16.7. The van der Waals surface area contributed by atoms with E-state index in [0.717, 1.165) is 0 Å². The van der Waals surface area contributed by atoms with Gasteiger partial charge in [-0.1, -0.05) is 0 Å². The highest BCUT2D eigenvalue weighted by molar-refractivity contribution is 6.03. The summed E-state index contributed by atoms with van der Waals surface area (Å²) >= 11 is 0. The minimum Gasteiger partial charge on any atom is -0.346 e. The van der Waals surface area contributed by atoms with Crippen molar-refractivity contribution in [3.8, 4) is 0 Å². The number of aromatic nitrogens is 3. The molecule has 9 heteroatoms. The number of alkyl halides is 3. The van der Waals surface area contributed by atoms with Crippen molar-refractivity contribution < 1.29 is 18.0 Å². The molecule has 0 bridgehead atoms. The number of H-pyrrole nitrogens is 1. The molecular weight excluding hydrogens is 323 g/mol. The summed E-state index contributed by atoms with van der Waals surface area (Å²) in [5, 5.41) is 0.612. The van der Waals surface area contributed by atoms with E-state index in [9.17, 15) is 18.0 Å². The Kier molecular flexibility index (Phi) is 4.20. The van der Waals surface area contributed by atoms with Crippen LogP contribution in [0.25, 0.3) is 11.0 Å². The maximum atomic E-state index is 12.8. The molecule has 1 N–H and O–H groups in total. The highest BCUT2D eigenvalue weighted by atomic mass is 19.4. The van der Waals surface area contributed by atoms with Crippen LogP contribution in [0.15, 0.2) is 18.6 Å². The summed E-state index contributed by atoms with van der Waals surface area (Å²) in [6.07, 6.45) is -1.28. The molecule has 24 heavy (non-hydrogen) atoms. The number of halogens is 3.